The van der Waals surface area contributed by atoms with Crippen LogP contribution in [0.5, 0.6) is 5.75 Å². The highest BCUT2D eigenvalue weighted by atomic mass is 19.1. The highest BCUT2D eigenvalue weighted by molar-refractivity contribution is 6.16. The largest absolute Gasteiger partial charge is 0.486 e. The Morgan fingerprint density at radius 2 is 1.55 bits per heavy atom. The van der Waals surface area contributed by atoms with Crippen molar-refractivity contribution in [2.75, 3.05) is 18.0 Å². The minimum atomic E-state index is -1.04. The van der Waals surface area contributed by atoms with Crippen molar-refractivity contribution < 1.29 is 18.3 Å². The molecule has 0 amide bonds. The van der Waals surface area contributed by atoms with E-state index in [1.807, 2.05) is 81.4 Å². The molecule has 0 spiro atoms. The van der Waals surface area contributed by atoms with Gasteiger partial charge in [-0.1, -0.05) is 61.5 Å². The monoisotopic (exact) mass is 556 g/mol. The molecule has 4 rings (SSSR count). The Morgan fingerprint density at radius 1 is 0.900 bits per heavy atom. The molecule has 0 aliphatic heterocycles. The fraction of sp³-hybridized carbons (Fsp3) is 0.406. The van der Waals surface area contributed by atoms with Crippen molar-refractivity contribution in [3.8, 4) is 5.75 Å². The molecule has 0 bridgehead atoms. The molecule has 0 fully saturated rings. The molecule has 3 heterocycles. The van der Waals surface area contributed by atoms with Crippen molar-refractivity contribution in [2.45, 2.75) is 75.8 Å². The topological polar surface area (TPSA) is 71.1 Å². The molecule has 220 valence electrons. The van der Waals surface area contributed by atoms with Crippen molar-refractivity contribution in [1.29, 1.82) is 0 Å². The first-order valence-corrected chi connectivity index (χ1v) is 14.3. The summed E-state index contributed by atoms with van der Waals surface area (Å²) in [6.07, 6.45) is 4.61. The summed E-state index contributed by atoms with van der Waals surface area (Å²) in [6.45, 7) is 21.8. The summed E-state index contributed by atoms with van der Waals surface area (Å²) in [4.78, 5) is 26.4. The SMILES string of the molecule is CC.CC.CC.CC.CCN(CC)c1ccc(COc2ccc(F)c(C(=O)c3c[nH]c4ncccc34)c2F)cn1. The van der Waals surface area contributed by atoms with Crippen LogP contribution in [0.2, 0.25) is 0 Å². The third kappa shape index (κ3) is 9.14. The van der Waals surface area contributed by atoms with Crippen LogP contribution in [0.1, 0.15) is 90.7 Å². The zero-order valence-electron chi connectivity index (χ0n) is 25.7. The first-order valence-electron chi connectivity index (χ1n) is 14.3. The summed E-state index contributed by atoms with van der Waals surface area (Å²) in [5.41, 5.74) is 0.659. The summed E-state index contributed by atoms with van der Waals surface area (Å²) < 4.78 is 35.1. The maximum atomic E-state index is 15.1. The Kier molecular flexibility index (Phi) is 18.2. The van der Waals surface area contributed by atoms with E-state index < -0.39 is 23.0 Å². The van der Waals surface area contributed by atoms with Crippen molar-refractivity contribution in [3.05, 3.63) is 83.3 Å². The van der Waals surface area contributed by atoms with E-state index in [9.17, 15) is 9.18 Å². The number of nitrogens with zero attached hydrogens (tertiary/aromatic N) is 3. The molecule has 4 aromatic rings. The lowest BCUT2D eigenvalue weighted by molar-refractivity contribution is 0.103. The van der Waals surface area contributed by atoms with Crippen LogP contribution in [-0.4, -0.2) is 33.8 Å². The normalized spacial score (nSPS) is 9.40. The molecule has 0 radical (unpaired) electrons. The number of halogens is 2. The molecule has 0 saturated heterocycles. The molecule has 0 saturated carbocycles. The number of anilines is 1. The van der Waals surface area contributed by atoms with Gasteiger partial charge in [0.2, 0.25) is 5.78 Å². The number of nitrogens with one attached hydrogen (secondary N) is 1. The third-order valence-electron chi connectivity index (χ3n) is 5.27. The van der Waals surface area contributed by atoms with Gasteiger partial charge in [0, 0.05) is 48.2 Å². The van der Waals surface area contributed by atoms with Gasteiger partial charge >= 0.3 is 0 Å². The zero-order valence-corrected chi connectivity index (χ0v) is 25.7. The van der Waals surface area contributed by atoms with Crippen LogP contribution in [0.25, 0.3) is 11.0 Å². The number of carbonyl (C=O) groups excluding carboxylic acids is 1. The van der Waals surface area contributed by atoms with Crippen LogP contribution in [-0.2, 0) is 6.61 Å². The molecule has 3 aromatic heterocycles. The number of rotatable bonds is 8. The summed E-state index contributed by atoms with van der Waals surface area (Å²) in [7, 11) is 0. The van der Waals surface area contributed by atoms with Gasteiger partial charge < -0.3 is 14.6 Å². The van der Waals surface area contributed by atoms with Crippen molar-refractivity contribution in [2.24, 2.45) is 0 Å². The lowest BCUT2D eigenvalue weighted by Gasteiger charge is -2.19. The fourth-order valence-electron chi connectivity index (χ4n) is 3.53. The van der Waals surface area contributed by atoms with E-state index in [4.69, 9.17) is 4.74 Å². The van der Waals surface area contributed by atoms with E-state index >= 15 is 4.39 Å². The number of pyridine rings is 2. The number of fused-ring (bicyclic) bond motifs is 1. The van der Waals surface area contributed by atoms with Crippen LogP contribution >= 0.6 is 0 Å². The molecular formula is C32H46F2N4O2. The molecule has 0 aliphatic carbocycles. The van der Waals surface area contributed by atoms with Crippen molar-refractivity contribution >= 4 is 22.6 Å². The fourth-order valence-corrected chi connectivity index (χ4v) is 3.53. The number of ketones is 1. The van der Waals surface area contributed by atoms with Gasteiger partial charge in [-0.05, 0) is 44.2 Å². The van der Waals surface area contributed by atoms with Crippen molar-refractivity contribution in [1.82, 2.24) is 15.0 Å². The van der Waals surface area contributed by atoms with Gasteiger partial charge in [-0.15, -0.1) is 0 Å². The summed E-state index contributed by atoms with van der Waals surface area (Å²) >= 11 is 0. The van der Waals surface area contributed by atoms with E-state index in [1.54, 1.807) is 24.5 Å². The van der Waals surface area contributed by atoms with E-state index in [1.165, 1.54) is 12.3 Å². The highest BCUT2D eigenvalue weighted by Gasteiger charge is 2.25. The summed E-state index contributed by atoms with van der Waals surface area (Å²) in [6, 6.07) is 9.23. The predicted octanol–water partition coefficient (Wildman–Crippen LogP) is 9.00. The number of hydrogen-bond donors (Lipinski definition) is 1. The number of aromatic nitrogens is 3. The number of aromatic amines is 1. The van der Waals surface area contributed by atoms with E-state index in [0.717, 1.165) is 30.5 Å². The number of ether oxygens (including phenoxy) is 1. The van der Waals surface area contributed by atoms with Crippen LogP contribution in [0.4, 0.5) is 14.6 Å². The quantitative estimate of drug-likeness (QED) is 0.219. The molecule has 1 aromatic carbocycles. The van der Waals surface area contributed by atoms with Crippen LogP contribution in [0.15, 0.2) is 55.0 Å². The maximum absolute atomic E-state index is 15.1. The average molecular weight is 557 g/mol. The Hall–Kier alpha value is -3.81. The first-order chi connectivity index (χ1) is 19.5. The average Bonchev–Trinajstić information content (AvgIpc) is 3.46. The highest BCUT2D eigenvalue weighted by Crippen LogP contribution is 2.28. The molecule has 8 heteroatoms. The third-order valence-corrected chi connectivity index (χ3v) is 5.27. The lowest BCUT2D eigenvalue weighted by atomic mass is 10.0. The van der Waals surface area contributed by atoms with Gasteiger partial charge in [-0.25, -0.2) is 18.7 Å². The van der Waals surface area contributed by atoms with E-state index in [0.29, 0.717) is 11.0 Å². The Balaban J connectivity index is 0.00000175. The van der Waals surface area contributed by atoms with E-state index in [2.05, 4.69) is 19.9 Å². The van der Waals surface area contributed by atoms with Gasteiger partial charge in [0.25, 0.3) is 0 Å². The van der Waals surface area contributed by atoms with Crippen LogP contribution in [0.3, 0.4) is 0 Å². The summed E-state index contributed by atoms with van der Waals surface area (Å²) in [5.74, 6) is -2.15. The van der Waals surface area contributed by atoms with Gasteiger partial charge in [0.05, 0.1) is 5.56 Å². The molecular weight excluding hydrogens is 510 g/mol. The number of hydrogen-bond acceptors (Lipinski definition) is 5. The molecule has 0 atom stereocenters. The van der Waals surface area contributed by atoms with Gasteiger partial charge in [0.1, 0.15) is 23.9 Å². The smallest absolute Gasteiger partial charge is 0.201 e. The predicted molar refractivity (Wildman–Crippen MR) is 163 cm³/mol. The molecule has 0 aliphatic rings. The second-order valence-corrected chi connectivity index (χ2v) is 7.15. The lowest BCUT2D eigenvalue weighted by Crippen LogP contribution is -2.22. The number of H-pyrrole nitrogens is 1. The second kappa shape index (κ2) is 20.1. The molecule has 6 nitrogen and oxygen atoms in total. The Bertz CT molecular complexity index is 1250. The molecule has 1 N–H and O–H groups in total. The summed E-state index contributed by atoms with van der Waals surface area (Å²) in [5, 5.41) is 0.488. The minimum Gasteiger partial charge on any atom is -0.486 e. The molecule has 40 heavy (non-hydrogen) atoms. The van der Waals surface area contributed by atoms with Crippen molar-refractivity contribution in [3.63, 3.8) is 0 Å². The Morgan fingerprint density at radius 3 is 2.12 bits per heavy atom. The number of carbonyl (C=O) groups is 1. The van der Waals surface area contributed by atoms with E-state index in [-0.39, 0.29) is 17.9 Å². The maximum Gasteiger partial charge on any atom is 0.201 e. The number of benzene rings is 1. The minimum absolute atomic E-state index is 0.0265. The second-order valence-electron chi connectivity index (χ2n) is 7.15. The van der Waals surface area contributed by atoms with Crippen LogP contribution < -0.4 is 9.64 Å². The van der Waals surface area contributed by atoms with Gasteiger partial charge in [-0.2, -0.15) is 0 Å². The molecule has 0 unspecified atom stereocenters. The van der Waals surface area contributed by atoms with Gasteiger partial charge in [-0.3, -0.25) is 4.79 Å². The van der Waals surface area contributed by atoms with Gasteiger partial charge in [0.15, 0.2) is 11.6 Å². The first kappa shape index (κ1) is 36.2. The standard InChI is InChI=1S/C24H22F2N4O2.4C2H6/c1-3-30(4-2)20-10-7-15(12-28-20)14-32-19-9-8-18(25)21(22(19)26)23(31)17-13-29-24-16(17)6-5-11-27-24;4*1-2/h5-13H,3-4,14H2,1-2H3,(H,27,29);4*1-2H3. The van der Waals surface area contributed by atoms with Crippen LogP contribution in [0, 0.1) is 11.6 Å². The Labute approximate surface area is 238 Å². The zero-order chi connectivity index (χ0) is 30.7.